The first-order chi connectivity index (χ1) is 16.0. The van der Waals surface area contributed by atoms with Crippen molar-refractivity contribution in [2.45, 2.75) is 44.7 Å². The molecule has 2 aliphatic heterocycles. The van der Waals surface area contributed by atoms with Gasteiger partial charge in [0.05, 0.1) is 0 Å². The van der Waals surface area contributed by atoms with Crippen LogP contribution in [0.2, 0.25) is 5.02 Å². The average molecular weight is 468 g/mol. The largest absolute Gasteiger partial charge is 0.338 e. The van der Waals surface area contributed by atoms with Crippen molar-refractivity contribution in [1.82, 2.24) is 15.3 Å². The summed E-state index contributed by atoms with van der Waals surface area (Å²) in [5, 5.41) is 9.28. The van der Waals surface area contributed by atoms with Gasteiger partial charge in [0.2, 0.25) is 5.91 Å². The number of likely N-dealkylation sites (tertiary alicyclic amines) is 2. The van der Waals surface area contributed by atoms with Crippen LogP contribution < -0.4 is 5.48 Å². The summed E-state index contributed by atoms with van der Waals surface area (Å²) in [6.07, 6.45) is 6.73. The Morgan fingerprint density at radius 2 is 1.85 bits per heavy atom. The van der Waals surface area contributed by atoms with E-state index in [-0.39, 0.29) is 5.91 Å². The van der Waals surface area contributed by atoms with Gasteiger partial charge in [-0.15, -0.1) is 0 Å². The Hall–Kier alpha value is -2.67. The van der Waals surface area contributed by atoms with E-state index in [1.807, 2.05) is 29.2 Å². The molecule has 0 atom stereocenters. The summed E-state index contributed by atoms with van der Waals surface area (Å²) >= 11 is 6.30. The van der Waals surface area contributed by atoms with Crippen LogP contribution in [0.1, 0.15) is 53.9 Å². The fraction of sp³-hybridized carbons (Fsp3) is 0.385. The van der Waals surface area contributed by atoms with Crippen molar-refractivity contribution >= 4 is 29.5 Å². The van der Waals surface area contributed by atoms with Crippen LogP contribution in [-0.2, 0) is 22.7 Å². The smallest absolute Gasteiger partial charge is 0.267 e. The zero-order valence-corrected chi connectivity index (χ0v) is 19.4. The number of hydrogen-bond acceptors (Lipinski definition) is 4. The maximum atomic E-state index is 12.1. The van der Waals surface area contributed by atoms with E-state index in [2.05, 4.69) is 23.1 Å². The number of amides is 2. The van der Waals surface area contributed by atoms with E-state index < -0.39 is 5.91 Å². The number of hydrogen-bond donors (Lipinski definition) is 2. The molecule has 0 aromatic heterocycles. The standard InChI is InChI=1S/C26H30ClN3O3/c27-23-8-9-24(22(16-23)18-30-13-1-2-26(30)32)21-11-14-29(15-12-21)17-20-5-3-19(4-6-20)7-10-25(31)28-33/h3-10,16,21,33H,1-2,11-15,17-18H2,(H,28,31). The van der Waals surface area contributed by atoms with E-state index in [0.29, 0.717) is 18.9 Å². The number of carbonyl (C=O) groups is 2. The van der Waals surface area contributed by atoms with E-state index in [1.54, 1.807) is 11.6 Å². The normalized spacial score (nSPS) is 17.8. The number of carbonyl (C=O) groups excluding carboxylic acids is 2. The molecule has 2 fully saturated rings. The Balaban J connectivity index is 1.34. The monoisotopic (exact) mass is 467 g/mol. The molecule has 6 nitrogen and oxygen atoms in total. The minimum atomic E-state index is -0.544. The Kier molecular flexibility index (Phi) is 7.81. The summed E-state index contributed by atoms with van der Waals surface area (Å²) in [5.41, 5.74) is 6.25. The molecule has 2 saturated heterocycles. The van der Waals surface area contributed by atoms with E-state index >= 15 is 0 Å². The Morgan fingerprint density at radius 3 is 2.52 bits per heavy atom. The van der Waals surface area contributed by atoms with Crippen molar-refractivity contribution in [1.29, 1.82) is 0 Å². The number of piperidine rings is 1. The molecule has 2 amide bonds. The molecular weight excluding hydrogens is 438 g/mol. The minimum absolute atomic E-state index is 0.244. The molecule has 2 aromatic carbocycles. The van der Waals surface area contributed by atoms with Crippen molar-refractivity contribution in [2.24, 2.45) is 0 Å². The lowest BCUT2D eigenvalue weighted by molar-refractivity contribution is -0.128. The number of nitrogens with one attached hydrogen (secondary N) is 1. The van der Waals surface area contributed by atoms with Gasteiger partial charge < -0.3 is 4.90 Å². The average Bonchev–Trinajstić information content (AvgIpc) is 3.23. The van der Waals surface area contributed by atoms with Gasteiger partial charge >= 0.3 is 0 Å². The summed E-state index contributed by atoms with van der Waals surface area (Å²) in [7, 11) is 0. The van der Waals surface area contributed by atoms with Gasteiger partial charge in [-0.1, -0.05) is 41.9 Å². The fourth-order valence-electron chi connectivity index (χ4n) is 4.79. The third-order valence-electron chi connectivity index (χ3n) is 6.59. The van der Waals surface area contributed by atoms with Crippen LogP contribution in [0.15, 0.2) is 48.5 Å². The summed E-state index contributed by atoms with van der Waals surface area (Å²) in [5.74, 6) is 0.183. The summed E-state index contributed by atoms with van der Waals surface area (Å²) in [6, 6.07) is 14.3. The molecule has 0 spiro atoms. The van der Waals surface area contributed by atoms with Crippen LogP contribution in [0, 0.1) is 0 Å². The number of rotatable bonds is 7. The van der Waals surface area contributed by atoms with Crippen LogP contribution >= 0.6 is 11.6 Å². The number of halogens is 1. The lowest BCUT2D eigenvalue weighted by Crippen LogP contribution is -2.33. The third kappa shape index (κ3) is 6.22. The Labute approximate surface area is 199 Å². The van der Waals surface area contributed by atoms with Crippen LogP contribution in [0.5, 0.6) is 0 Å². The van der Waals surface area contributed by atoms with E-state index in [9.17, 15) is 9.59 Å². The highest BCUT2D eigenvalue weighted by Crippen LogP contribution is 2.33. The molecule has 33 heavy (non-hydrogen) atoms. The molecule has 7 heteroatoms. The second-order valence-corrected chi connectivity index (χ2v) is 9.30. The molecule has 174 valence electrons. The zero-order chi connectivity index (χ0) is 23.2. The molecule has 2 N–H and O–H groups in total. The molecule has 4 rings (SSSR count). The molecule has 2 aliphatic rings. The lowest BCUT2D eigenvalue weighted by Gasteiger charge is -2.33. The Bertz CT molecular complexity index is 1010. The van der Waals surface area contributed by atoms with Crippen molar-refractivity contribution < 1.29 is 14.8 Å². The predicted molar refractivity (Wildman–Crippen MR) is 129 cm³/mol. The van der Waals surface area contributed by atoms with Crippen molar-refractivity contribution in [2.75, 3.05) is 19.6 Å². The van der Waals surface area contributed by atoms with Crippen LogP contribution in [-0.4, -0.2) is 46.5 Å². The van der Waals surface area contributed by atoms with Crippen molar-refractivity contribution in [3.05, 3.63) is 75.8 Å². The highest BCUT2D eigenvalue weighted by molar-refractivity contribution is 6.30. The van der Waals surface area contributed by atoms with Crippen molar-refractivity contribution in [3.63, 3.8) is 0 Å². The maximum absolute atomic E-state index is 12.1. The van der Waals surface area contributed by atoms with Gasteiger partial charge in [-0.3, -0.25) is 19.7 Å². The van der Waals surface area contributed by atoms with Gasteiger partial charge in [0, 0.05) is 37.2 Å². The lowest BCUT2D eigenvalue weighted by atomic mass is 9.86. The minimum Gasteiger partial charge on any atom is -0.338 e. The molecule has 0 radical (unpaired) electrons. The number of benzene rings is 2. The third-order valence-corrected chi connectivity index (χ3v) is 6.82. The van der Waals surface area contributed by atoms with Gasteiger partial charge in [-0.25, -0.2) is 5.48 Å². The first-order valence-corrected chi connectivity index (χ1v) is 11.9. The highest BCUT2D eigenvalue weighted by Gasteiger charge is 2.25. The van der Waals surface area contributed by atoms with Gasteiger partial charge in [0.1, 0.15) is 0 Å². The van der Waals surface area contributed by atoms with Gasteiger partial charge in [0.25, 0.3) is 5.91 Å². The Morgan fingerprint density at radius 1 is 1.09 bits per heavy atom. The number of hydroxylamine groups is 1. The quantitative estimate of drug-likeness (QED) is 0.360. The highest BCUT2D eigenvalue weighted by atomic mass is 35.5. The topological polar surface area (TPSA) is 72.9 Å². The molecular formula is C26H30ClN3O3. The summed E-state index contributed by atoms with van der Waals surface area (Å²) in [6.45, 7) is 4.44. The van der Waals surface area contributed by atoms with Crippen molar-refractivity contribution in [3.8, 4) is 0 Å². The summed E-state index contributed by atoms with van der Waals surface area (Å²) < 4.78 is 0. The van der Waals surface area contributed by atoms with Crippen LogP contribution in [0.3, 0.4) is 0 Å². The van der Waals surface area contributed by atoms with Crippen LogP contribution in [0.4, 0.5) is 0 Å². The molecule has 0 bridgehead atoms. The first kappa shape index (κ1) is 23.5. The van der Waals surface area contributed by atoms with E-state index in [0.717, 1.165) is 56.0 Å². The second-order valence-electron chi connectivity index (χ2n) is 8.86. The van der Waals surface area contributed by atoms with Gasteiger partial charge in [0.15, 0.2) is 0 Å². The second kappa shape index (κ2) is 11.0. The number of nitrogens with zero attached hydrogens (tertiary/aromatic N) is 2. The van der Waals surface area contributed by atoms with Gasteiger partial charge in [-0.05, 0) is 78.7 Å². The molecule has 2 aromatic rings. The van der Waals surface area contributed by atoms with Gasteiger partial charge in [-0.2, -0.15) is 0 Å². The molecule has 0 saturated carbocycles. The van der Waals surface area contributed by atoms with Crippen LogP contribution in [0.25, 0.3) is 6.08 Å². The van der Waals surface area contributed by atoms with E-state index in [4.69, 9.17) is 16.8 Å². The SMILES string of the molecule is O=C(C=Cc1ccc(CN2CCC(c3ccc(Cl)cc3CN3CCCC3=O)CC2)cc1)NO. The zero-order valence-electron chi connectivity index (χ0n) is 18.7. The molecule has 2 heterocycles. The molecule has 0 aliphatic carbocycles. The maximum Gasteiger partial charge on any atom is 0.267 e. The van der Waals surface area contributed by atoms with E-state index in [1.165, 1.54) is 22.8 Å². The predicted octanol–water partition coefficient (Wildman–Crippen LogP) is 4.36. The summed E-state index contributed by atoms with van der Waals surface area (Å²) in [4.78, 5) is 27.7. The first-order valence-electron chi connectivity index (χ1n) is 11.5. The fourth-order valence-corrected chi connectivity index (χ4v) is 4.98. The molecule has 0 unspecified atom stereocenters.